The number of aliphatic hydroxyl groups excluding tert-OH is 8. The van der Waals surface area contributed by atoms with E-state index in [4.69, 9.17) is 40.1 Å². The van der Waals surface area contributed by atoms with Crippen LogP contribution in [0.5, 0.6) is 23.0 Å². The van der Waals surface area contributed by atoms with Crippen molar-refractivity contribution in [1.82, 2.24) is 20.2 Å². The van der Waals surface area contributed by atoms with Crippen molar-refractivity contribution in [3.8, 4) is 23.0 Å². The number of phenolic OH excluding ortho intramolecular Hbond substituents is 4. The molecule has 9 amide bonds. The SMILES string of the molecule is C[C@@H]1C(=O)C(C(N)=O)=C(O)[C@@]2(O)C(=O)C3=C(O)c4c(ccc(N)c4O)[C@@](C)(O)[C@H]3C[C@@H]12.C[C@@H]1C(=O)C(C(N)=O)=C(O)[C@@]2(O)C(=O)C3=C(O)c4c(ccc(NC(=O)NCCCCNC(=O)Nc5ccc6c(c5O)C(O)=C5C(=O)[C@]7(O)C(O)=C(C(N)=O)C(=O)[C@@H](C)[C@@H]7C[C@@H]5[C@]6(C)O)c4O)[C@@](C)(O)[C@H]3C[C@@H]12.C[C@@H]1C(=O)C(C(N)=O)=C(O)[C@@]2(O)C(=O)C3=C(O)c4c(ccc(NC(=O)n5ccnc5)c4O)[C@@](C)(O)[C@H]3C[C@@H]12.NCCCCN. The molecule has 0 unspecified atom stereocenters. The molecular weight excluding hydrogens is 1930 g/mol. The van der Waals surface area contributed by atoms with Gasteiger partial charge in [0, 0.05) is 119 Å². The van der Waals surface area contributed by atoms with Gasteiger partial charge in [-0.3, -0.25) is 62.1 Å². The zero-order valence-electron chi connectivity index (χ0n) is 79.8. The van der Waals surface area contributed by atoms with Crippen LogP contribution in [0.4, 0.5) is 37.1 Å². The number of carbonyl (C=O) groups excluding carboxylic acids is 15. The molecule has 0 aliphatic heterocycles. The number of phenols is 4. The van der Waals surface area contributed by atoms with Crippen molar-refractivity contribution >= 4 is 134 Å². The lowest BCUT2D eigenvalue weighted by Gasteiger charge is -2.51. The van der Waals surface area contributed by atoms with E-state index in [2.05, 4.69) is 31.6 Å². The van der Waals surface area contributed by atoms with Crippen LogP contribution >= 0.6 is 0 Å². The summed E-state index contributed by atoms with van der Waals surface area (Å²) in [5, 5.41) is 238. The Balaban J connectivity index is 0.000000189. The minimum Gasteiger partial charge on any atom is -0.508 e. The van der Waals surface area contributed by atoms with Gasteiger partial charge >= 0.3 is 18.1 Å². The summed E-state index contributed by atoms with van der Waals surface area (Å²) in [4.78, 5) is 197. The van der Waals surface area contributed by atoms with Crippen molar-refractivity contribution in [2.24, 2.45) is 105 Å². The zero-order chi connectivity index (χ0) is 109. The lowest BCUT2D eigenvalue weighted by molar-refractivity contribution is -0.158. The highest BCUT2D eigenvalue weighted by Gasteiger charge is 2.71. The molecule has 17 rings (SSSR count). The van der Waals surface area contributed by atoms with Crippen LogP contribution in [0, 0.1) is 71.0 Å². The van der Waals surface area contributed by atoms with Crippen molar-refractivity contribution < 1.29 is 174 Å². The molecule has 1 heterocycles. The number of fused-ring (bicyclic) bond motifs is 12. The van der Waals surface area contributed by atoms with E-state index in [0.717, 1.165) is 30.5 Å². The van der Waals surface area contributed by atoms with E-state index < -0.39 is 329 Å². The Morgan fingerprint density at radius 3 is 0.850 bits per heavy atom. The number of nitrogen functional groups attached to an aromatic ring is 1. The van der Waals surface area contributed by atoms with Gasteiger partial charge in [-0.25, -0.2) is 19.4 Å². The monoisotopic (exact) mass is 2040 g/mol. The third-order valence-electron chi connectivity index (χ3n) is 31.2. The molecular formula is C98H110N14O35. The summed E-state index contributed by atoms with van der Waals surface area (Å²) in [6.07, 6.45) is 5.46. The van der Waals surface area contributed by atoms with Crippen molar-refractivity contribution in [2.75, 3.05) is 47.9 Å². The fourth-order valence-electron chi connectivity index (χ4n) is 23.1. The lowest BCUT2D eigenvalue weighted by atomic mass is 9.53. The number of primary amides is 4. The summed E-state index contributed by atoms with van der Waals surface area (Å²) in [6.45, 7) is 12.2. The number of hydrogen-bond donors (Lipinski definition) is 32. The number of amides is 9. The smallest absolute Gasteiger partial charge is 0.331 e. The summed E-state index contributed by atoms with van der Waals surface area (Å²) < 4.78 is 1.08. The Hall–Kier alpha value is -15.7. The molecule has 0 saturated heterocycles. The van der Waals surface area contributed by atoms with E-state index in [0.29, 0.717) is 0 Å². The molecule has 1 aromatic heterocycles. The molecule has 0 bridgehead atoms. The van der Waals surface area contributed by atoms with Crippen LogP contribution in [0.3, 0.4) is 0 Å². The highest BCUT2D eigenvalue weighted by Crippen LogP contribution is 2.65. The predicted octanol–water partition coefficient (Wildman–Crippen LogP) is 0.919. The average Bonchev–Trinajstić information content (AvgIpc) is 0.831. The molecule has 49 heteroatoms. The van der Waals surface area contributed by atoms with Gasteiger partial charge in [-0.1, -0.05) is 52.0 Å². The number of aromatic hydroxyl groups is 4. The summed E-state index contributed by atoms with van der Waals surface area (Å²) in [6, 6.07) is 8.01. The third kappa shape index (κ3) is 15.9. The van der Waals surface area contributed by atoms with Gasteiger partial charge in [0.25, 0.3) is 23.6 Å². The number of nitrogens with two attached hydrogens (primary N) is 7. The second kappa shape index (κ2) is 37.4. The van der Waals surface area contributed by atoms with E-state index in [1.54, 1.807) is 0 Å². The normalized spacial score (nSPS) is 31.1. The molecule has 49 nitrogen and oxygen atoms in total. The highest BCUT2D eigenvalue weighted by atomic mass is 16.4. The highest BCUT2D eigenvalue weighted by molar-refractivity contribution is 6.27. The lowest BCUT2D eigenvalue weighted by Crippen LogP contribution is -2.62. The van der Waals surface area contributed by atoms with Crippen LogP contribution in [0.15, 0.2) is 135 Å². The van der Waals surface area contributed by atoms with Crippen molar-refractivity contribution in [2.45, 2.75) is 152 Å². The fourth-order valence-corrected chi connectivity index (χ4v) is 23.1. The fraction of sp³-hybridized carbons (Fsp3) is 0.408. The maximum atomic E-state index is 14.1. The minimum atomic E-state index is -2.90. The number of rotatable bonds is 15. The number of unbranched alkanes of at least 4 members (excludes halogenated alkanes) is 2. The molecule has 4 saturated carbocycles. The van der Waals surface area contributed by atoms with E-state index in [1.807, 2.05) is 0 Å². The molecule has 782 valence electrons. The van der Waals surface area contributed by atoms with Gasteiger partial charge in [0.2, 0.25) is 23.1 Å². The number of benzene rings is 4. The molecule has 5 aromatic rings. The quantitative estimate of drug-likeness (QED) is 0.0300. The Bertz CT molecular complexity index is 6770. The summed E-state index contributed by atoms with van der Waals surface area (Å²) >= 11 is 0. The molecule has 4 aromatic carbocycles. The first kappa shape index (κ1) is 107. The Kier molecular flexibility index (Phi) is 27.2. The van der Waals surface area contributed by atoms with E-state index in [1.165, 1.54) is 123 Å². The first-order valence-corrected chi connectivity index (χ1v) is 46.3. The summed E-state index contributed by atoms with van der Waals surface area (Å²) in [5.74, 6) is -39.9. The molecule has 147 heavy (non-hydrogen) atoms. The third-order valence-corrected chi connectivity index (χ3v) is 31.2. The maximum absolute atomic E-state index is 14.1. The number of aliphatic hydroxyl groups is 16. The Labute approximate surface area is 831 Å². The molecule has 12 aliphatic rings. The number of nitrogens with zero attached hydrogens (tertiary/aromatic N) is 2. The number of carbonyl (C=O) groups is 15. The van der Waals surface area contributed by atoms with Crippen LogP contribution in [0.1, 0.15) is 151 Å². The van der Waals surface area contributed by atoms with Crippen LogP contribution in [0.25, 0.3) is 23.0 Å². The largest absolute Gasteiger partial charge is 0.508 e. The molecule has 39 N–H and O–H groups in total. The van der Waals surface area contributed by atoms with E-state index in [9.17, 15) is 174 Å². The van der Waals surface area contributed by atoms with Crippen LogP contribution in [-0.2, 0) is 79.9 Å². The standard InChI is InChI=1S/C48H52N6O18.C25H24N4O9.C21H22N2O8.C4H12N2/c1-15-19-13-21-27(37(61)47(19,71)39(63)29(31(15)55)41(49)65)35(59)25-17(45(21,3)69)7-9-23(33(25)57)53-43(67)51-11-5-6-12-52-44(68)54-24-10-8-18-26(34(24)58)36(60)28-22(46(18,4)70)14-20-16(2)32(56)30(42(50)66)40(64)48(20,72)38(28)62;1-9-11-7-12-15(20(33)25(11,38)21(34)16(17(9)30)22(26)35)19(32)14-10(24(12,2)37)3-4-13(18(14)31)28-23(36)29-6-5-27-8-29;1-6-8-5-9-12(17(27)21(8,31)18(28)13(14(6)24)19(23)29)16(26)11-7(20(9,2)30)3-4-10(22)15(11)25;5-3-1-2-4-6/h7-10,15-16,19-22,57-60,63-64,69-72H,5-6,11-14H2,1-4H3,(H2,49,65)(H2,50,66)(H2,51,53,67)(H2,52,54,68);3-6,8-9,11-12,31-32,34,37-38H,7H2,1-2H3,(H2,26,35)(H,28,36);3-4,6,8-9,25-26,28,30-31H,5,22H2,1-2H3,(H2,23,29);1-6H2/t15-,16-,19-,20-,21-,22-,45+,46+,47-,48-;9-,11-,12-,24+,25-;6-,8-,9-,20+,21-;/m000./s1. The second-order valence-corrected chi connectivity index (χ2v) is 39.3. The summed E-state index contributed by atoms with van der Waals surface area (Å²) in [7, 11) is 0. The topological polar surface area (TPSA) is 921 Å². The van der Waals surface area contributed by atoms with Crippen LogP contribution < -0.4 is 66.7 Å². The molecule has 0 spiro atoms. The van der Waals surface area contributed by atoms with Gasteiger partial charge in [0.05, 0.1) is 67.4 Å². The number of imidazole rings is 1. The van der Waals surface area contributed by atoms with Gasteiger partial charge in [-0.05, 0) is 139 Å². The van der Waals surface area contributed by atoms with E-state index in [-0.39, 0.29) is 108 Å². The number of anilines is 4. The zero-order valence-corrected chi connectivity index (χ0v) is 79.8. The molecule has 20 atom stereocenters. The van der Waals surface area contributed by atoms with Crippen molar-refractivity contribution in [3.05, 3.63) is 179 Å². The number of ketones is 8. The number of urea groups is 2. The average molecular weight is 2040 g/mol. The molecule has 12 aliphatic carbocycles. The predicted molar refractivity (Wildman–Crippen MR) is 509 cm³/mol. The number of Topliss-reactive ketones (excluding diaryl/α,β-unsaturated/α-hetero) is 8. The van der Waals surface area contributed by atoms with Crippen molar-refractivity contribution in [1.29, 1.82) is 0 Å². The van der Waals surface area contributed by atoms with Gasteiger partial charge in [0.15, 0.2) is 45.5 Å². The first-order valence-electron chi connectivity index (χ1n) is 46.3. The Morgan fingerprint density at radius 2 is 0.612 bits per heavy atom. The molecule has 4 fully saturated rings. The van der Waals surface area contributed by atoms with Crippen LogP contribution in [-0.4, -0.2) is 248 Å². The van der Waals surface area contributed by atoms with E-state index >= 15 is 0 Å². The van der Waals surface area contributed by atoms with Crippen LogP contribution in [0.2, 0.25) is 0 Å². The second-order valence-electron chi connectivity index (χ2n) is 39.3. The number of aromatic nitrogens is 2. The number of nitrogens with one attached hydrogen (secondary N) is 5. The van der Waals surface area contributed by atoms with Crippen molar-refractivity contribution in [3.63, 3.8) is 0 Å². The summed E-state index contributed by atoms with van der Waals surface area (Å²) in [5.41, 5.74) is 9.49. The van der Waals surface area contributed by atoms with Gasteiger partial charge < -0.3 is 169 Å². The maximum Gasteiger partial charge on any atom is 0.331 e. The number of hydrogen-bond acceptors (Lipinski definition) is 39. The molecule has 0 radical (unpaired) electrons. The first-order chi connectivity index (χ1) is 68.4. The van der Waals surface area contributed by atoms with Gasteiger partial charge in [0.1, 0.15) is 97.7 Å². The minimum absolute atomic E-state index is 0.00764. The van der Waals surface area contributed by atoms with Gasteiger partial charge in [-0.2, -0.15) is 0 Å². The van der Waals surface area contributed by atoms with Gasteiger partial charge in [-0.15, -0.1) is 0 Å². The Morgan fingerprint density at radius 1 is 0.367 bits per heavy atom.